The van der Waals surface area contributed by atoms with Crippen LogP contribution in [-0.2, 0) is 0 Å². The summed E-state index contributed by atoms with van der Waals surface area (Å²) in [6.07, 6.45) is -0.590. The Morgan fingerprint density at radius 1 is 0.456 bits per heavy atom. The molecule has 0 saturated carbocycles. The third kappa shape index (κ3) is 15.3. The summed E-state index contributed by atoms with van der Waals surface area (Å²) in [6.45, 7) is 2.45. The van der Waals surface area contributed by atoms with Gasteiger partial charge in [0.25, 0.3) is 0 Å². The van der Waals surface area contributed by atoms with Gasteiger partial charge in [-0.1, -0.05) is 54.6 Å². The predicted octanol–water partition coefficient (Wildman–Crippen LogP) is 14.3. The van der Waals surface area contributed by atoms with Crippen LogP contribution < -0.4 is 30.2 Å². The van der Waals surface area contributed by atoms with E-state index in [0.717, 1.165) is 29.3 Å². The molecule has 0 aliphatic carbocycles. The lowest BCUT2D eigenvalue weighted by atomic mass is 10.0. The van der Waals surface area contributed by atoms with Crippen molar-refractivity contribution in [3.8, 4) is 50.6 Å². The normalized spacial score (nSPS) is 10.6. The summed E-state index contributed by atoms with van der Waals surface area (Å²) in [5.74, 6) is -4.15. The van der Waals surface area contributed by atoms with Gasteiger partial charge in [-0.15, -0.1) is 13.2 Å². The number of methoxy groups -OCH3 is 1. The monoisotopic (exact) mass is 1080 g/mol. The van der Waals surface area contributed by atoms with Gasteiger partial charge in [-0.3, -0.25) is 0 Å². The molecule has 9 aromatic rings. The van der Waals surface area contributed by atoms with Crippen molar-refractivity contribution in [2.24, 2.45) is 0 Å². The Hall–Kier alpha value is -10.4. The van der Waals surface area contributed by atoms with Crippen LogP contribution in [0.3, 0.4) is 0 Å². The van der Waals surface area contributed by atoms with Crippen LogP contribution in [0.5, 0.6) is 17.2 Å². The summed E-state index contributed by atoms with van der Waals surface area (Å²) < 4.78 is 95.0. The van der Waals surface area contributed by atoms with Crippen molar-refractivity contribution < 1.29 is 70.3 Å². The number of carboxylic acid groups (broad SMARTS) is 3. The van der Waals surface area contributed by atoms with Gasteiger partial charge in [-0.05, 0) is 149 Å². The van der Waals surface area contributed by atoms with Gasteiger partial charge in [0.2, 0.25) is 0 Å². The van der Waals surface area contributed by atoms with Crippen LogP contribution in [0.4, 0.5) is 60.9 Å². The molecule has 0 aliphatic heterocycles. The van der Waals surface area contributed by atoms with E-state index in [1.54, 1.807) is 31.4 Å². The van der Waals surface area contributed by atoms with Gasteiger partial charge in [-0.25, -0.2) is 42.5 Å². The lowest BCUT2D eigenvalue weighted by Gasteiger charge is -2.12. The summed E-state index contributed by atoms with van der Waals surface area (Å²) in [5, 5.41) is 35.6. The summed E-state index contributed by atoms with van der Waals surface area (Å²) >= 11 is 0. The number of pyridine rings is 3. The number of rotatable bonds is 16. The lowest BCUT2D eigenvalue weighted by molar-refractivity contribution is -0.274. The molecular weight excluding hydrogens is 1040 g/mol. The standard InChI is InChI=1S/C20H17FN2O3.C19H12F4N2O3.C19H15FN2O3/c1-2-26-15-6-3-5-13(11-15)14-8-9-18(17(21)12-14)23-19-16(20(24)25)7-4-10-22-19;20-15-10-12(11-3-1-4-13(9-11)28-19(21,22)23)6-7-16(15)25-17-14(18(26)27)5-2-8-24-17;1-25-14-5-2-4-12(10-14)13-7-8-17(16(20)11-13)22-18-15(19(23)24)6-3-9-21-18/h3-12H,2H2,1H3,(H,22,23)(H,24,25);1-10H,(H,24,25)(H,26,27);2-11H,1H3,(H,21,22)(H,23,24). The molecule has 0 atom stereocenters. The molecule has 9 rings (SSSR count). The van der Waals surface area contributed by atoms with E-state index in [0.29, 0.717) is 40.4 Å². The number of benzene rings is 6. The average Bonchev–Trinajstić information content (AvgIpc) is 3.44. The van der Waals surface area contributed by atoms with Gasteiger partial charge >= 0.3 is 24.3 Å². The van der Waals surface area contributed by atoms with E-state index >= 15 is 0 Å². The zero-order valence-electron chi connectivity index (χ0n) is 41.4. The lowest BCUT2D eigenvalue weighted by Crippen LogP contribution is -2.17. The highest BCUT2D eigenvalue weighted by Gasteiger charge is 2.31. The van der Waals surface area contributed by atoms with Crippen molar-refractivity contribution in [3.05, 3.63) is 217 Å². The molecule has 3 aromatic heterocycles. The van der Waals surface area contributed by atoms with E-state index < -0.39 is 47.5 Å². The number of alkyl halides is 3. The van der Waals surface area contributed by atoms with Crippen LogP contribution in [0.25, 0.3) is 33.4 Å². The molecule has 0 aliphatic rings. The van der Waals surface area contributed by atoms with E-state index in [2.05, 4.69) is 35.6 Å². The topological polar surface area (TPSA) is 214 Å². The van der Waals surface area contributed by atoms with Crippen LogP contribution >= 0.6 is 0 Å². The summed E-state index contributed by atoms with van der Waals surface area (Å²) in [6, 6.07) is 41.7. The van der Waals surface area contributed by atoms with Crippen molar-refractivity contribution in [2.45, 2.75) is 13.3 Å². The van der Waals surface area contributed by atoms with Gasteiger partial charge in [-0.2, -0.15) is 0 Å². The molecule has 0 bridgehead atoms. The SMILES string of the molecule is CCOc1cccc(-c2ccc(Nc3ncccc3C(=O)O)c(F)c2)c1.COc1cccc(-c2ccc(Nc3ncccc3C(=O)O)c(F)c2)c1.O=C(O)c1cccnc1Nc1ccc(-c2cccc(OC(F)(F)F)c2)cc1F. The zero-order chi connectivity index (χ0) is 56.6. The van der Waals surface area contributed by atoms with Crippen LogP contribution in [-0.4, -0.2) is 68.3 Å². The van der Waals surface area contributed by atoms with Crippen molar-refractivity contribution in [1.82, 2.24) is 15.0 Å². The molecule has 0 amide bonds. The van der Waals surface area contributed by atoms with E-state index in [-0.39, 0.29) is 51.2 Å². The van der Waals surface area contributed by atoms with Crippen LogP contribution in [0.1, 0.15) is 38.0 Å². The molecule has 0 unspecified atom stereocenters. The second kappa shape index (κ2) is 25.9. The highest BCUT2D eigenvalue weighted by Crippen LogP contribution is 2.33. The Kier molecular flexibility index (Phi) is 18.4. The van der Waals surface area contributed by atoms with Gasteiger partial charge in [0.1, 0.15) is 68.8 Å². The molecule has 79 heavy (non-hydrogen) atoms. The predicted molar refractivity (Wildman–Crippen MR) is 283 cm³/mol. The first kappa shape index (κ1) is 56.3. The number of anilines is 6. The highest BCUT2D eigenvalue weighted by atomic mass is 19.4. The molecule has 0 spiro atoms. The number of aromatic carboxylic acids is 3. The van der Waals surface area contributed by atoms with E-state index in [4.69, 9.17) is 19.7 Å². The fraction of sp³-hybridized carbons (Fsp3) is 0.0690. The number of hydrogen-bond donors (Lipinski definition) is 6. The Bertz CT molecular complexity index is 3640. The maximum absolute atomic E-state index is 14.5. The first-order chi connectivity index (χ1) is 37.9. The van der Waals surface area contributed by atoms with Crippen molar-refractivity contribution in [1.29, 1.82) is 0 Å². The van der Waals surface area contributed by atoms with Gasteiger partial charge < -0.3 is 45.5 Å². The Morgan fingerprint density at radius 2 is 0.785 bits per heavy atom. The molecule has 6 aromatic carbocycles. The van der Waals surface area contributed by atoms with Gasteiger partial charge in [0.05, 0.1) is 30.8 Å². The van der Waals surface area contributed by atoms with E-state index in [9.17, 15) is 45.8 Å². The number of nitrogens with zero attached hydrogens (tertiary/aromatic N) is 3. The first-order valence-electron chi connectivity index (χ1n) is 23.4. The van der Waals surface area contributed by atoms with Gasteiger partial charge in [0, 0.05) is 18.6 Å². The number of aromatic nitrogens is 3. The number of nitrogens with one attached hydrogen (secondary N) is 3. The summed E-state index contributed by atoms with van der Waals surface area (Å²) in [4.78, 5) is 45.5. The minimum Gasteiger partial charge on any atom is -0.497 e. The fourth-order valence-corrected chi connectivity index (χ4v) is 7.41. The third-order valence-electron chi connectivity index (χ3n) is 11.1. The van der Waals surface area contributed by atoms with E-state index in [1.807, 2.05) is 55.5 Å². The largest absolute Gasteiger partial charge is 0.573 e. The maximum Gasteiger partial charge on any atom is 0.573 e. The smallest absolute Gasteiger partial charge is 0.497 e. The third-order valence-corrected chi connectivity index (χ3v) is 11.1. The minimum absolute atomic E-state index is 0.0274. The molecule has 21 heteroatoms. The molecule has 15 nitrogen and oxygen atoms in total. The maximum atomic E-state index is 14.5. The molecule has 0 saturated heterocycles. The van der Waals surface area contributed by atoms with Crippen molar-refractivity contribution in [2.75, 3.05) is 29.7 Å². The number of carboxylic acids is 3. The first-order valence-corrected chi connectivity index (χ1v) is 23.4. The molecule has 6 N–H and O–H groups in total. The van der Waals surface area contributed by atoms with Crippen molar-refractivity contribution in [3.63, 3.8) is 0 Å². The minimum atomic E-state index is -4.83. The quantitative estimate of drug-likeness (QED) is 0.0497. The zero-order valence-corrected chi connectivity index (χ0v) is 41.4. The average molecular weight is 1080 g/mol. The molecule has 0 fully saturated rings. The summed E-state index contributed by atoms with van der Waals surface area (Å²) in [5.41, 5.74) is 3.71. The Balaban J connectivity index is 0.000000172. The molecule has 402 valence electrons. The number of halogens is 6. The second-order valence-corrected chi connectivity index (χ2v) is 16.3. The van der Waals surface area contributed by atoms with Crippen LogP contribution in [0, 0.1) is 17.5 Å². The van der Waals surface area contributed by atoms with E-state index in [1.165, 1.54) is 91.4 Å². The van der Waals surface area contributed by atoms with Crippen LogP contribution in [0.2, 0.25) is 0 Å². The molecule has 3 heterocycles. The Labute approximate surface area is 446 Å². The van der Waals surface area contributed by atoms with Crippen LogP contribution in [0.15, 0.2) is 182 Å². The number of ether oxygens (including phenoxy) is 3. The Morgan fingerprint density at radius 3 is 1.11 bits per heavy atom. The fourth-order valence-electron chi connectivity index (χ4n) is 7.41. The van der Waals surface area contributed by atoms with Gasteiger partial charge in [0.15, 0.2) is 0 Å². The molecule has 0 radical (unpaired) electrons. The molecular formula is C58H44F6N6O9. The number of carbonyl (C=O) groups is 3. The van der Waals surface area contributed by atoms with Crippen molar-refractivity contribution >= 4 is 52.4 Å². The highest BCUT2D eigenvalue weighted by molar-refractivity contribution is 5.95. The number of hydrogen-bond acceptors (Lipinski definition) is 12. The summed E-state index contributed by atoms with van der Waals surface area (Å²) in [7, 11) is 1.57. The second-order valence-electron chi connectivity index (χ2n) is 16.3.